The largest absolute Gasteiger partial charge is 0.423 e. The van der Waals surface area contributed by atoms with Crippen LogP contribution in [0.5, 0.6) is 0 Å². The van der Waals surface area contributed by atoms with Crippen molar-refractivity contribution in [1.82, 2.24) is 0 Å². The molecule has 8 nitrogen and oxygen atoms in total. The van der Waals surface area contributed by atoms with Crippen LogP contribution in [0, 0.1) is 0 Å². The maximum absolute atomic E-state index is 12.8. The van der Waals surface area contributed by atoms with Gasteiger partial charge < -0.3 is 34.9 Å². The molecule has 1 aliphatic rings. The molecule has 0 saturated carbocycles. The van der Waals surface area contributed by atoms with Gasteiger partial charge in [-0.05, 0) is 18.2 Å². The third-order valence-electron chi connectivity index (χ3n) is 4.27. The van der Waals surface area contributed by atoms with E-state index in [-0.39, 0.29) is 16.7 Å². The van der Waals surface area contributed by atoms with Gasteiger partial charge in [-0.3, -0.25) is 0 Å². The number of rotatable bonds is 3. The number of aliphatic hydroxyl groups is 4. The van der Waals surface area contributed by atoms with Crippen LogP contribution in [-0.4, -0.2) is 57.7 Å². The Labute approximate surface area is 149 Å². The molecule has 0 bridgehead atoms. The molecule has 2 heterocycles. The third-order valence-corrected chi connectivity index (χ3v) is 4.27. The molecule has 5 atom stereocenters. The summed E-state index contributed by atoms with van der Waals surface area (Å²) in [5.41, 5.74) is -2.94. The molecule has 1 aromatic heterocycles. The van der Waals surface area contributed by atoms with Crippen LogP contribution in [0.3, 0.4) is 0 Å². The van der Waals surface area contributed by atoms with Crippen molar-refractivity contribution in [2.45, 2.75) is 36.8 Å². The molecular formula is C16H16F3NO7. The lowest BCUT2D eigenvalue weighted by Gasteiger charge is -2.40. The maximum atomic E-state index is 12.8. The fourth-order valence-electron chi connectivity index (χ4n) is 2.84. The number of hydrogen-bond acceptors (Lipinski definition) is 8. The van der Waals surface area contributed by atoms with Crippen molar-refractivity contribution >= 4 is 16.7 Å². The van der Waals surface area contributed by atoms with E-state index in [1.54, 1.807) is 0 Å². The molecule has 0 amide bonds. The van der Waals surface area contributed by atoms with Gasteiger partial charge in [-0.2, -0.15) is 13.2 Å². The topological polar surface area (TPSA) is 132 Å². The summed E-state index contributed by atoms with van der Waals surface area (Å²) in [7, 11) is 0. The minimum absolute atomic E-state index is 0.0221. The van der Waals surface area contributed by atoms with Crippen LogP contribution in [0.1, 0.15) is 5.56 Å². The quantitative estimate of drug-likeness (QED) is 0.464. The Morgan fingerprint density at radius 1 is 1.11 bits per heavy atom. The van der Waals surface area contributed by atoms with Crippen LogP contribution in [0.2, 0.25) is 0 Å². The summed E-state index contributed by atoms with van der Waals surface area (Å²) in [4.78, 5) is 11.5. The van der Waals surface area contributed by atoms with Gasteiger partial charge in [0.25, 0.3) is 0 Å². The molecule has 5 N–H and O–H groups in total. The lowest BCUT2D eigenvalue weighted by atomic mass is 9.97. The van der Waals surface area contributed by atoms with Gasteiger partial charge in [0.05, 0.1) is 6.61 Å². The molecular weight excluding hydrogens is 374 g/mol. The van der Waals surface area contributed by atoms with E-state index in [4.69, 9.17) is 14.3 Å². The molecule has 1 fully saturated rings. The summed E-state index contributed by atoms with van der Waals surface area (Å²) in [6, 6.07) is 3.26. The summed E-state index contributed by atoms with van der Waals surface area (Å²) in [6.45, 7) is -0.620. The number of nitrogens with one attached hydrogen (secondary N) is 1. The highest BCUT2D eigenvalue weighted by molar-refractivity contribution is 5.81. The smallest absolute Gasteiger partial charge is 0.422 e. The van der Waals surface area contributed by atoms with E-state index in [0.717, 1.165) is 0 Å². The molecule has 1 aromatic carbocycles. The Hall–Kier alpha value is -2.18. The lowest BCUT2D eigenvalue weighted by molar-refractivity contribution is -0.245. The number of aliphatic hydroxyl groups excluding tert-OH is 4. The van der Waals surface area contributed by atoms with Crippen molar-refractivity contribution in [1.29, 1.82) is 0 Å². The summed E-state index contributed by atoms with van der Waals surface area (Å²) in [5, 5.41) is 41.6. The first-order chi connectivity index (χ1) is 12.6. The SMILES string of the molecule is O=c1oc2cc(NC3C(O)OC(CO)[C@@H](O)[C@@H]3O)ccc2cc1C(F)(F)[18F]. The van der Waals surface area contributed by atoms with E-state index in [2.05, 4.69) is 5.32 Å². The third kappa shape index (κ3) is 3.77. The molecule has 27 heavy (non-hydrogen) atoms. The van der Waals surface area contributed by atoms with Crippen LogP contribution in [0.4, 0.5) is 18.9 Å². The second-order valence-electron chi connectivity index (χ2n) is 6.10. The normalized spacial score (nSPS) is 29.1. The van der Waals surface area contributed by atoms with E-state index in [1.807, 2.05) is 0 Å². The monoisotopic (exact) mass is 390 g/mol. The number of alkyl halides is 3. The predicted molar refractivity (Wildman–Crippen MR) is 84.9 cm³/mol. The van der Waals surface area contributed by atoms with Crippen molar-refractivity contribution in [2.75, 3.05) is 11.9 Å². The molecule has 3 unspecified atom stereocenters. The van der Waals surface area contributed by atoms with E-state index in [1.165, 1.54) is 18.2 Å². The molecule has 0 aliphatic carbocycles. The van der Waals surface area contributed by atoms with Crippen molar-refractivity contribution in [3.05, 3.63) is 40.2 Å². The van der Waals surface area contributed by atoms with E-state index in [9.17, 15) is 33.3 Å². The lowest BCUT2D eigenvalue weighted by Crippen LogP contribution is -2.61. The number of ether oxygens (including phenoxy) is 1. The molecule has 11 heteroatoms. The zero-order valence-electron chi connectivity index (χ0n) is 13.6. The van der Waals surface area contributed by atoms with Gasteiger partial charge in [-0.15, -0.1) is 0 Å². The second-order valence-corrected chi connectivity index (χ2v) is 6.10. The van der Waals surface area contributed by atoms with Crippen LogP contribution < -0.4 is 10.9 Å². The fourth-order valence-corrected chi connectivity index (χ4v) is 2.84. The Kier molecular flexibility index (Phi) is 5.14. The molecule has 148 valence electrons. The van der Waals surface area contributed by atoms with Crippen molar-refractivity contribution in [3.63, 3.8) is 0 Å². The highest BCUT2D eigenvalue weighted by atomic mass is 19.3. The first kappa shape index (κ1) is 19.6. The van der Waals surface area contributed by atoms with Gasteiger partial charge in [0.1, 0.15) is 35.5 Å². The molecule has 1 saturated heterocycles. The van der Waals surface area contributed by atoms with E-state index >= 15 is 0 Å². The van der Waals surface area contributed by atoms with Gasteiger partial charge in [-0.1, -0.05) is 0 Å². The predicted octanol–water partition coefficient (Wildman–Crippen LogP) is 0.0236. The highest BCUT2D eigenvalue weighted by Gasteiger charge is 2.43. The molecule has 2 aromatic rings. The Bertz CT molecular complexity index is 884. The van der Waals surface area contributed by atoms with Crippen molar-refractivity contribution < 1.29 is 42.8 Å². The van der Waals surface area contributed by atoms with Crippen molar-refractivity contribution in [3.8, 4) is 0 Å². The first-order valence-corrected chi connectivity index (χ1v) is 7.84. The Morgan fingerprint density at radius 3 is 2.44 bits per heavy atom. The molecule has 3 rings (SSSR count). The average molecular weight is 390 g/mol. The number of halogens is 3. The molecule has 0 radical (unpaired) electrons. The van der Waals surface area contributed by atoms with Crippen LogP contribution in [0.15, 0.2) is 33.5 Å². The zero-order valence-corrected chi connectivity index (χ0v) is 13.6. The fraction of sp³-hybridized carbons (Fsp3) is 0.438. The molecule has 1 aliphatic heterocycles. The van der Waals surface area contributed by atoms with Gasteiger partial charge in [0, 0.05) is 17.1 Å². The van der Waals surface area contributed by atoms with Crippen molar-refractivity contribution in [2.24, 2.45) is 0 Å². The first-order valence-electron chi connectivity index (χ1n) is 7.84. The van der Waals surface area contributed by atoms with Gasteiger partial charge >= 0.3 is 11.8 Å². The minimum Gasteiger partial charge on any atom is -0.422 e. The minimum atomic E-state index is -4.85. The average Bonchev–Trinajstić information content (AvgIpc) is 2.60. The Morgan fingerprint density at radius 2 is 1.81 bits per heavy atom. The number of fused-ring (bicyclic) bond motifs is 1. The van der Waals surface area contributed by atoms with E-state index < -0.39 is 54.6 Å². The number of hydrogen-bond donors (Lipinski definition) is 5. The van der Waals surface area contributed by atoms with Gasteiger partial charge in [-0.25, -0.2) is 4.79 Å². The summed E-state index contributed by atoms with van der Waals surface area (Å²) < 4.78 is 48.0. The summed E-state index contributed by atoms with van der Waals surface area (Å²) >= 11 is 0. The molecule has 0 spiro atoms. The maximum Gasteiger partial charge on any atom is 0.423 e. The summed E-state index contributed by atoms with van der Waals surface area (Å²) in [5.74, 6) is 0. The van der Waals surface area contributed by atoms with Crippen LogP contribution >= 0.6 is 0 Å². The van der Waals surface area contributed by atoms with Gasteiger partial charge in [0.2, 0.25) is 0 Å². The number of benzene rings is 1. The highest BCUT2D eigenvalue weighted by Crippen LogP contribution is 2.30. The zero-order chi connectivity index (χ0) is 19.9. The standard InChI is InChI=1S/C16H16F3NO7/c17-16(18,19)8-3-6-1-2-7(4-9(6)26-14(8)24)20-11-13(23)12(22)10(5-21)27-15(11)25/h1-4,10-13,15,20-23,25H,5H2/t10?,11?,12-,13-,15?/m1/s1/i17-1. The van der Waals surface area contributed by atoms with Crippen LogP contribution in [-0.2, 0) is 10.9 Å². The number of anilines is 1. The van der Waals surface area contributed by atoms with E-state index in [0.29, 0.717) is 6.07 Å². The summed E-state index contributed by atoms with van der Waals surface area (Å²) in [6.07, 6.45) is -10.6. The Balaban J connectivity index is 1.89. The second kappa shape index (κ2) is 7.09. The van der Waals surface area contributed by atoms with Crippen LogP contribution in [0.25, 0.3) is 11.0 Å². The van der Waals surface area contributed by atoms with Gasteiger partial charge in [0.15, 0.2) is 6.29 Å².